The fourth-order valence-corrected chi connectivity index (χ4v) is 1.29. The van der Waals surface area contributed by atoms with E-state index in [2.05, 4.69) is 6.92 Å². The van der Waals surface area contributed by atoms with Crippen LogP contribution in [0.2, 0.25) is 0 Å². The van der Waals surface area contributed by atoms with E-state index in [0.29, 0.717) is 6.42 Å². The van der Waals surface area contributed by atoms with E-state index in [-0.39, 0.29) is 6.42 Å². The van der Waals surface area contributed by atoms with E-state index in [0.717, 1.165) is 25.7 Å². The predicted octanol–water partition coefficient (Wildman–Crippen LogP) is 2.08. The number of hydrogen-bond donors (Lipinski definition) is 1. The molecule has 0 amide bonds. The van der Waals surface area contributed by atoms with Gasteiger partial charge in [0.1, 0.15) is 6.42 Å². The van der Waals surface area contributed by atoms with Crippen LogP contribution in [0, 0.1) is 10.1 Å². The van der Waals surface area contributed by atoms with Gasteiger partial charge in [0.2, 0.25) is 6.04 Å². The molecule has 0 fully saturated rings. The quantitative estimate of drug-likeness (QED) is 0.372. The molecule has 1 atom stereocenters. The predicted molar refractivity (Wildman–Crippen MR) is 51.8 cm³/mol. The molecule has 1 unspecified atom stereocenters. The molecule has 0 aliphatic heterocycles. The molecule has 0 aromatic carbocycles. The van der Waals surface area contributed by atoms with Crippen molar-refractivity contribution >= 4 is 5.97 Å². The Labute approximate surface area is 83.3 Å². The summed E-state index contributed by atoms with van der Waals surface area (Å²) in [5.41, 5.74) is 0. The first kappa shape index (κ1) is 12.9. The molecule has 5 nitrogen and oxygen atoms in total. The van der Waals surface area contributed by atoms with Crippen LogP contribution in [0.3, 0.4) is 0 Å². The van der Waals surface area contributed by atoms with Crippen LogP contribution in [0.1, 0.15) is 45.4 Å². The van der Waals surface area contributed by atoms with Gasteiger partial charge in [-0.05, 0) is 6.42 Å². The SMILES string of the molecule is CCCCCCC(CC(=O)O)[N+](=O)[O-]. The summed E-state index contributed by atoms with van der Waals surface area (Å²) in [6.45, 7) is 2.06. The van der Waals surface area contributed by atoms with Crippen molar-refractivity contribution < 1.29 is 14.8 Å². The van der Waals surface area contributed by atoms with Crippen LogP contribution in [-0.2, 0) is 4.79 Å². The normalized spacial score (nSPS) is 12.4. The molecule has 82 valence electrons. The summed E-state index contributed by atoms with van der Waals surface area (Å²) in [5, 5.41) is 18.9. The highest BCUT2D eigenvalue weighted by molar-refractivity contribution is 5.67. The molecular weight excluding hydrogens is 186 g/mol. The zero-order chi connectivity index (χ0) is 11.0. The second-order valence-corrected chi connectivity index (χ2v) is 3.39. The fraction of sp³-hybridized carbons (Fsp3) is 0.889. The third-order valence-electron chi connectivity index (χ3n) is 2.10. The van der Waals surface area contributed by atoms with E-state index in [4.69, 9.17) is 5.11 Å². The lowest BCUT2D eigenvalue weighted by atomic mass is 10.1. The van der Waals surface area contributed by atoms with Crippen LogP contribution in [0.5, 0.6) is 0 Å². The second kappa shape index (κ2) is 7.29. The van der Waals surface area contributed by atoms with Gasteiger partial charge in [0.15, 0.2) is 0 Å². The molecule has 0 spiro atoms. The lowest BCUT2D eigenvalue weighted by Crippen LogP contribution is -2.22. The molecule has 0 aliphatic carbocycles. The van der Waals surface area contributed by atoms with Crippen molar-refractivity contribution in [2.45, 2.75) is 51.5 Å². The first-order valence-electron chi connectivity index (χ1n) is 4.93. The van der Waals surface area contributed by atoms with Crippen LogP contribution in [0.15, 0.2) is 0 Å². The van der Waals surface area contributed by atoms with E-state index >= 15 is 0 Å². The number of unbranched alkanes of at least 4 members (excludes halogenated alkanes) is 3. The van der Waals surface area contributed by atoms with Crippen molar-refractivity contribution in [1.29, 1.82) is 0 Å². The number of carbonyl (C=O) groups is 1. The standard InChI is InChI=1S/C9H17NO4/c1-2-3-4-5-6-8(10(13)14)7-9(11)12/h8H,2-7H2,1H3,(H,11,12). The molecule has 0 radical (unpaired) electrons. The van der Waals surface area contributed by atoms with E-state index in [1.54, 1.807) is 0 Å². The summed E-state index contributed by atoms with van der Waals surface area (Å²) < 4.78 is 0. The Balaban J connectivity index is 3.74. The minimum atomic E-state index is -1.10. The van der Waals surface area contributed by atoms with Gasteiger partial charge in [-0.3, -0.25) is 14.9 Å². The van der Waals surface area contributed by atoms with Crippen LogP contribution < -0.4 is 0 Å². The van der Waals surface area contributed by atoms with Gasteiger partial charge in [0.25, 0.3) is 0 Å². The fourth-order valence-electron chi connectivity index (χ4n) is 1.29. The molecule has 0 saturated heterocycles. The molecular formula is C9H17NO4. The Morgan fingerprint density at radius 1 is 1.43 bits per heavy atom. The Morgan fingerprint density at radius 2 is 2.07 bits per heavy atom. The van der Waals surface area contributed by atoms with Crippen LogP contribution in [-0.4, -0.2) is 22.0 Å². The Hall–Kier alpha value is -1.13. The molecule has 0 aliphatic rings. The third-order valence-corrected chi connectivity index (χ3v) is 2.10. The van der Waals surface area contributed by atoms with Crippen LogP contribution >= 0.6 is 0 Å². The number of hydrogen-bond acceptors (Lipinski definition) is 3. The monoisotopic (exact) mass is 203 g/mol. The Bertz CT molecular complexity index is 193. The molecule has 0 rings (SSSR count). The van der Waals surface area contributed by atoms with Gasteiger partial charge in [-0.25, -0.2) is 0 Å². The topological polar surface area (TPSA) is 80.4 Å². The average Bonchev–Trinajstić information content (AvgIpc) is 2.09. The largest absolute Gasteiger partial charge is 0.481 e. The molecule has 0 bridgehead atoms. The van der Waals surface area contributed by atoms with Crippen molar-refractivity contribution in [3.63, 3.8) is 0 Å². The number of carboxylic acids is 1. The average molecular weight is 203 g/mol. The van der Waals surface area contributed by atoms with Crippen molar-refractivity contribution in [1.82, 2.24) is 0 Å². The molecule has 0 saturated carbocycles. The lowest BCUT2D eigenvalue weighted by molar-refractivity contribution is -0.522. The number of carboxylic acid groups (broad SMARTS) is 1. The number of aliphatic carboxylic acids is 1. The first-order valence-corrected chi connectivity index (χ1v) is 4.93. The third kappa shape index (κ3) is 6.39. The first-order chi connectivity index (χ1) is 6.57. The highest BCUT2D eigenvalue weighted by atomic mass is 16.6. The van der Waals surface area contributed by atoms with Crippen LogP contribution in [0.4, 0.5) is 0 Å². The number of nitro groups is 1. The zero-order valence-electron chi connectivity index (χ0n) is 8.44. The maximum absolute atomic E-state index is 10.4. The van der Waals surface area contributed by atoms with Gasteiger partial charge in [-0.2, -0.15) is 0 Å². The van der Waals surface area contributed by atoms with Gasteiger partial charge >= 0.3 is 5.97 Å². The summed E-state index contributed by atoms with van der Waals surface area (Å²) in [4.78, 5) is 20.3. The Kier molecular flexibility index (Phi) is 6.70. The summed E-state index contributed by atoms with van der Waals surface area (Å²) in [6.07, 6.45) is 3.82. The molecule has 5 heteroatoms. The van der Waals surface area contributed by atoms with E-state index < -0.39 is 16.9 Å². The van der Waals surface area contributed by atoms with E-state index in [9.17, 15) is 14.9 Å². The van der Waals surface area contributed by atoms with Gasteiger partial charge in [0.05, 0.1) is 0 Å². The summed E-state index contributed by atoms with van der Waals surface area (Å²) in [6, 6.07) is -0.913. The van der Waals surface area contributed by atoms with Crippen molar-refractivity contribution in [2.75, 3.05) is 0 Å². The van der Waals surface area contributed by atoms with Gasteiger partial charge < -0.3 is 5.11 Å². The minimum absolute atomic E-state index is 0.362. The highest BCUT2D eigenvalue weighted by Gasteiger charge is 2.22. The molecule has 0 aromatic heterocycles. The molecule has 1 N–H and O–H groups in total. The summed E-state index contributed by atoms with van der Waals surface area (Å²) >= 11 is 0. The minimum Gasteiger partial charge on any atom is -0.481 e. The zero-order valence-corrected chi connectivity index (χ0v) is 8.44. The maximum Gasteiger partial charge on any atom is 0.310 e. The molecule has 14 heavy (non-hydrogen) atoms. The number of rotatable bonds is 8. The molecule has 0 heterocycles. The van der Waals surface area contributed by atoms with Crippen molar-refractivity contribution in [3.05, 3.63) is 10.1 Å². The summed E-state index contributed by atoms with van der Waals surface area (Å²) in [7, 11) is 0. The van der Waals surface area contributed by atoms with Gasteiger partial charge in [0, 0.05) is 11.3 Å². The van der Waals surface area contributed by atoms with E-state index in [1.807, 2.05) is 0 Å². The maximum atomic E-state index is 10.4. The molecule has 0 aromatic rings. The van der Waals surface area contributed by atoms with Gasteiger partial charge in [-0.1, -0.05) is 26.2 Å². The van der Waals surface area contributed by atoms with Gasteiger partial charge in [-0.15, -0.1) is 0 Å². The lowest BCUT2D eigenvalue weighted by Gasteiger charge is -2.06. The van der Waals surface area contributed by atoms with Crippen molar-refractivity contribution in [3.8, 4) is 0 Å². The van der Waals surface area contributed by atoms with E-state index in [1.165, 1.54) is 0 Å². The van der Waals surface area contributed by atoms with Crippen LogP contribution in [0.25, 0.3) is 0 Å². The number of nitrogens with zero attached hydrogens (tertiary/aromatic N) is 1. The summed E-state index contributed by atoms with van der Waals surface area (Å²) in [5.74, 6) is -1.10. The Morgan fingerprint density at radius 3 is 2.50 bits per heavy atom. The van der Waals surface area contributed by atoms with Crippen molar-refractivity contribution in [2.24, 2.45) is 0 Å². The smallest absolute Gasteiger partial charge is 0.310 e. The second-order valence-electron chi connectivity index (χ2n) is 3.39. The highest BCUT2D eigenvalue weighted by Crippen LogP contribution is 2.10.